The van der Waals surface area contributed by atoms with Crippen molar-refractivity contribution in [3.8, 4) is 0 Å². The molecule has 0 bridgehead atoms. The molecule has 0 atom stereocenters. The molecule has 0 aliphatic rings. The van der Waals surface area contributed by atoms with Crippen LogP contribution in [0.4, 0.5) is 0 Å². The van der Waals surface area contributed by atoms with Gasteiger partial charge in [0.2, 0.25) is 0 Å². The number of halogens is 1. The minimum atomic E-state index is 0.771. The van der Waals surface area contributed by atoms with Crippen LogP contribution in [0.3, 0.4) is 0 Å². The van der Waals surface area contributed by atoms with E-state index in [0.29, 0.717) is 0 Å². The highest BCUT2D eigenvalue weighted by Crippen LogP contribution is 2.12. The molecule has 0 fully saturated rings. The van der Waals surface area contributed by atoms with Crippen molar-refractivity contribution in [1.29, 1.82) is 0 Å². The lowest BCUT2D eigenvalue weighted by molar-refractivity contribution is 0.702. The van der Waals surface area contributed by atoms with Crippen molar-refractivity contribution in [2.24, 2.45) is 0 Å². The Labute approximate surface area is 116 Å². The van der Waals surface area contributed by atoms with Crippen molar-refractivity contribution in [3.05, 3.63) is 58.1 Å². The van der Waals surface area contributed by atoms with E-state index in [9.17, 15) is 0 Å². The van der Waals surface area contributed by atoms with Gasteiger partial charge in [-0.25, -0.2) is 9.97 Å². The van der Waals surface area contributed by atoms with Crippen LogP contribution in [0.25, 0.3) is 0 Å². The van der Waals surface area contributed by atoms with Gasteiger partial charge in [-0.2, -0.15) is 0 Å². The molecule has 0 aliphatic heterocycles. The highest BCUT2D eigenvalue weighted by atomic mass is 79.9. The zero-order chi connectivity index (χ0) is 12.8. The van der Waals surface area contributed by atoms with Gasteiger partial charge in [0.25, 0.3) is 0 Å². The van der Waals surface area contributed by atoms with Crippen LogP contribution in [0.5, 0.6) is 0 Å². The second-order valence-electron chi connectivity index (χ2n) is 4.05. The van der Waals surface area contributed by atoms with E-state index in [1.54, 1.807) is 0 Å². The minimum absolute atomic E-state index is 0.771. The summed E-state index contributed by atoms with van der Waals surface area (Å²) < 4.78 is 1.09. The van der Waals surface area contributed by atoms with Crippen molar-refractivity contribution >= 4 is 15.9 Å². The molecule has 18 heavy (non-hydrogen) atoms. The van der Waals surface area contributed by atoms with Gasteiger partial charge in [-0.15, -0.1) is 0 Å². The third-order valence-electron chi connectivity index (χ3n) is 2.59. The molecule has 0 saturated carbocycles. The maximum Gasteiger partial charge on any atom is 0.132 e. The number of nitrogens with zero attached hydrogens (tertiary/aromatic N) is 2. The summed E-state index contributed by atoms with van der Waals surface area (Å²) in [5.41, 5.74) is 2.26. The van der Waals surface area contributed by atoms with E-state index in [2.05, 4.69) is 50.3 Å². The average molecular weight is 306 g/mol. The molecule has 0 aliphatic carbocycles. The van der Waals surface area contributed by atoms with E-state index in [-0.39, 0.29) is 0 Å². The Morgan fingerprint density at radius 3 is 2.67 bits per heavy atom. The largest absolute Gasteiger partial charge is 0.311 e. The quantitative estimate of drug-likeness (QED) is 0.923. The predicted octanol–water partition coefficient (Wildman–Crippen LogP) is 2.94. The van der Waals surface area contributed by atoms with Crippen LogP contribution in [-0.4, -0.2) is 16.5 Å². The van der Waals surface area contributed by atoms with Gasteiger partial charge < -0.3 is 5.32 Å². The highest BCUT2D eigenvalue weighted by Gasteiger charge is 2.01. The number of hydrogen-bond donors (Lipinski definition) is 1. The van der Waals surface area contributed by atoms with Crippen LogP contribution in [0.1, 0.15) is 24.0 Å². The number of nitrogens with one attached hydrogen (secondary N) is 1. The third-order valence-corrected chi connectivity index (χ3v) is 3.12. The van der Waals surface area contributed by atoms with Gasteiger partial charge in [0.1, 0.15) is 5.82 Å². The summed E-state index contributed by atoms with van der Waals surface area (Å²) in [6.45, 7) is 3.84. The number of benzene rings is 1. The Morgan fingerprint density at radius 1 is 1.17 bits per heavy atom. The van der Waals surface area contributed by atoms with E-state index >= 15 is 0 Å². The zero-order valence-electron chi connectivity index (χ0n) is 10.4. The SMILES string of the molecule is CCNCc1ccnc(Cc2ccc(Br)cc2)n1. The van der Waals surface area contributed by atoms with Gasteiger partial charge in [0, 0.05) is 23.6 Å². The highest BCUT2D eigenvalue weighted by molar-refractivity contribution is 9.10. The molecule has 1 aromatic carbocycles. The first-order chi connectivity index (χ1) is 8.78. The van der Waals surface area contributed by atoms with Crippen LogP contribution in [0.15, 0.2) is 41.0 Å². The molecular weight excluding hydrogens is 290 g/mol. The molecule has 0 spiro atoms. The van der Waals surface area contributed by atoms with Crippen molar-refractivity contribution in [2.75, 3.05) is 6.54 Å². The minimum Gasteiger partial charge on any atom is -0.311 e. The second kappa shape index (κ2) is 6.61. The first-order valence-electron chi connectivity index (χ1n) is 6.04. The standard InChI is InChI=1S/C14H16BrN3/c1-2-16-10-13-7-8-17-14(18-13)9-11-3-5-12(15)6-4-11/h3-8,16H,2,9-10H2,1H3. The Kier molecular flexibility index (Phi) is 4.84. The first kappa shape index (κ1) is 13.2. The lowest BCUT2D eigenvalue weighted by Crippen LogP contribution is -2.13. The average Bonchev–Trinajstić information content (AvgIpc) is 2.40. The molecule has 1 N–H and O–H groups in total. The van der Waals surface area contributed by atoms with Crippen molar-refractivity contribution in [3.63, 3.8) is 0 Å². The maximum atomic E-state index is 4.54. The maximum absolute atomic E-state index is 4.54. The Balaban J connectivity index is 2.06. The molecule has 0 unspecified atom stereocenters. The van der Waals surface area contributed by atoms with E-state index in [4.69, 9.17) is 0 Å². The summed E-state index contributed by atoms with van der Waals surface area (Å²) in [7, 11) is 0. The fraction of sp³-hybridized carbons (Fsp3) is 0.286. The summed E-state index contributed by atoms with van der Waals surface area (Å²) in [5.74, 6) is 0.868. The fourth-order valence-electron chi connectivity index (χ4n) is 1.66. The molecule has 0 saturated heterocycles. The molecule has 0 radical (unpaired) electrons. The predicted molar refractivity (Wildman–Crippen MR) is 76.4 cm³/mol. The topological polar surface area (TPSA) is 37.8 Å². The van der Waals surface area contributed by atoms with E-state index in [0.717, 1.165) is 35.5 Å². The molecular formula is C14H16BrN3. The van der Waals surface area contributed by atoms with Gasteiger partial charge in [-0.3, -0.25) is 0 Å². The summed E-state index contributed by atoms with van der Waals surface area (Å²) in [4.78, 5) is 8.86. The zero-order valence-corrected chi connectivity index (χ0v) is 11.9. The molecule has 94 valence electrons. The lowest BCUT2D eigenvalue weighted by Gasteiger charge is -2.04. The van der Waals surface area contributed by atoms with Gasteiger partial charge >= 0.3 is 0 Å². The first-order valence-corrected chi connectivity index (χ1v) is 6.83. The van der Waals surface area contributed by atoms with Crippen LogP contribution >= 0.6 is 15.9 Å². The van der Waals surface area contributed by atoms with Crippen LogP contribution in [-0.2, 0) is 13.0 Å². The molecule has 3 nitrogen and oxygen atoms in total. The smallest absolute Gasteiger partial charge is 0.132 e. The van der Waals surface area contributed by atoms with Crippen LogP contribution in [0, 0.1) is 0 Å². The normalized spacial score (nSPS) is 10.6. The lowest BCUT2D eigenvalue weighted by atomic mass is 10.1. The number of rotatable bonds is 5. The van der Waals surface area contributed by atoms with Crippen molar-refractivity contribution < 1.29 is 0 Å². The van der Waals surface area contributed by atoms with Gasteiger partial charge in [-0.1, -0.05) is 35.0 Å². The molecule has 4 heteroatoms. The van der Waals surface area contributed by atoms with Crippen LogP contribution < -0.4 is 5.32 Å². The molecule has 0 amide bonds. The monoisotopic (exact) mass is 305 g/mol. The van der Waals surface area contributed by atoms with Gasteiger partial charge in [0.15, 0.2) is 0 Å². The number of hydrogen-bond acceptors (Lipinski definition) is 3. The third kappa shape index (κ3) is 3.89. The number of aromatic nitrogens is 2. The summed E-state index contributed by atoms with van der Waals surface area (Å²) in [6.07, 6.45) is 2.60. The molecule has 1 aromatic heterocycles. The molecule has 2 aromatic rings. The molecule has 2 rings (SSSR count). The van der Waals surface area contributed by atoms with E-state index < -0.39 is 0 Å². The summed E-state index contributed by atoms with van der Waals surface area (Å²) in [6, 6.07) is 10.2. The van der Waals surface area contributed by atoms with Crippen molar-refractivity contribution in [1.82, 2.24) is 15.3 Å². The van der Waals surface area contributed by atoms with Crippen molar-refractivity contribution in [2.45, 2.75) is 19.9 Å². The fourth-order valence-corrected chi connectivity index (χ4v) is 1.93. The van der Waals surface area contributed by atoms with E-state index in [1.165, 1.54) is 5.56 Å². The second-order valence-corrected chi connectivity index (χ2v) is 4.96. The Bertz CT molecular complexity index is 497. The van der Waals surface area contributed by atoms with E-state index in [1.807, 2.05) is 24.4 Å². The van der Waals surface area contributed by atoms with Gasteiger partial charge in [-0.05, 0) is 30.3 Å². The summed E-state index contributed by atoms with van der Waals surface area (Å²) >= 11 is 3.43. The Morgan fingerprint density at radius 2 is 1.94 bits per heavy atom. The van der Waals surface area contributed by atoms with Gasteiger partial charge in [0.05, 0.1) is 5.69 Å². The summed E-state index contributed by atoms with van der Waals surface area (Å²) in [5, 5.41) is 3.27. The molecule has 1 heterocycles. The Hall–Kier alpha value is -1.26. The van der Waals surface area contributed by atoms with Crippen LogP contribution in [0.2, 0.25) is 0 Å².